The molecule has 1 heterocycles. The van der Waals surface area contributed by atoms with Crippen LogP contribution >= 0.6 is 11.6 Å². The van der Waals surface area contributed by atoms with Crippen molar-refractivity contribution in [1.29, 1.82) is 0 Å². The number of aliphatic carboxylic acids is 1. The van der Waals surface area contributed by atoms with Gasteiger partial charge < -0.3 is 9.84 Å². The average molecular weight is 394 g/mol. The highest BCUT2D eigenvalue weighted by atomic mass is 35.5. The van der Waals surface area contributed by atoms with Gasteiger partial charge in [-0.25, -0.2) is 17.2 Å². The smallest absolute Gasteiger partial charge is 0.332 e. The summed E-state index contributed by atoms with van der Waals surface area (Å²) in [6, 6.07) is 14.5. The van der Waals surface area contributed by atoms with Gasteiger partial charge in [0.2, 0.25) is 0 Å². The average Bonchev–Trinajstić information content (AvgIpc) is 2.98. The standard InChI is InChI=1S/C18H16ClNO5S/c1-12(18(21)22)25-11-15-10-13-9-14(19)7-8-17(13)20(15)26(23,24)16-5-3-2-4-6-16/h2-10,12H,11H2,1H3,(H,21,22). The molecule has 8 heteroatoms. The lowest BCUT2D eigenvalue weighted by Crippen LogP contribution is -2.22. The molecule has 0 spiro atoms. The molecule has 2 aromatic carbocycles. The molecule has 136 valence electrons. The van der Waals surface area contributed by atoms with Gasteiger partial charge in [0.15, 0.2) is 6.10 Å². The molecule has 1 atom stereocenters. The van der Waals surface area contributed by atoms with Crippen LogP contribution < -0.4 is 0 Å². The van der Waals surface area contributed by atoms with E-state index in [9.17, 15) is 13.2 Å². The van der Waals surface area contributed by atoms with Gasteiger partial charge in [0.25, 0.3) is 10.0 Å². The van der Waals surface area contributed by atoms with Crippen molar-refractivity contribution in [3.63, 3.8) is 0 Å². The topological polar surface area (TPSA) is 85.6 Å². The lowest BCUT2D eigenvalue weighted by atomic mass is 10.2. The number of benzene rings is 2. The van der Waals surface area contributed by atoms with E-state index in [1.807, 2.05) is 0 Å². The molecule has 0 radical (unpaired) electrons. The molecular weight excluding hydrogens is 378 g/mol. The van der Waals surface area contributed by atoms with E-state index in [0.717, 1.165) is 0 Å². The summed E-state index contributed by atoms with van der Waals surface area (Å²) >= 11 is 6.01. The second-order valence-corrected chi connectivity index (χ2v) is 7.94. The van der Waals surface area contributed by atoms with E-state index in [4.69, 9.17) is 21.4 Å². The Labute approximate surface area is 155 Å². The van der Waals surface area contributed by atoms with Gasteiger partial charge in [-0.1, -0.05) is 29.8 Å². The minimum absolute atomic E-state index is 0.125. The van der Waals surface area contributed by atoms with Crippen LogP contribution in [0.25, 0.3) is 10.9 Å². The Balaban J connectivity index is 2.15. The van der Waals surface area contributed by atoms with E-state index in [-0.39, 0.29) is 11.5 Å². The fourth-order valence-corrected chi connectivity index (χ4v) is 4.31. The summed E-state index contributed by atoms with van der Waals surface area (Å²) in [4.78, 5) is 11.1. The van der Waals surface area contributed by atoms with Crippen LogP contribution in [0.4, 0.5) is 0 Å². The fourth-order valence-electron chi connectivity index (χ4n) is 2.58. The number of carbonyl (C=O) groups is 1. The first-order valence-corrected chi connectivity index (χ1v) is 9.57. The number of ether oxygens (including phenoxy) is 1. The normalized spacial score (nSPS) is 13.0. The monoisotopic (exact) mass is 393 g/mol. The third kappa shape index (κ3) is 3.46. The molecule has 0 aliphatic rings. The maximum Gasteiger partial charge on any atom is 0.332 e. The minimum atomic E-state index is -3.89. The Morgan fingerprint density at radius 3 is 2.54 bits per heavy atom. The molecular formula is C18H16ClNO5S. The molecule has 0 bridgehead atoms. The number of fused-ring (bicyclic) bond motifs is 1. The predicted octanol–water partition coefficient (Wildman–Crippen LogP) is 3.52. The third-order valence-electron chi connectivity index (χ3n) is 3.90. The number of rotatable bonds is 6. The second kappa shape index (κ2) is 7.11. The molecule has 6 nitrogen and oxygen atoms in total. The van der Waals surface area contributed by atoms with Crippen LogP contribution in [-0.2, 0) is 26.2 Å². The van der Waals surface area contributed by atoms with Crippen molar-refractivity contribution in [3.05, 3.63) is 65.3 Å². The van der Waals surface area contributed by atoms with E-state index in [2.05, 4.69) is 0 Å². The first-order valence-electron chi connectivity index (χ1n) is 7.75. The van der Waals surface area contributed by atoms with Crippen LogP contribution in [0, 0.1) is 0 Å². The van der Waals surface area contributed by atoms with Crippen LogP contribution in [0.2, 0.25) is 5.02 Å². The molecule has 0 aliphatic heterocycles. The van der Waals surface area contributed by atoms with Crippen molar-refractivity contribution in [2.45, 2.75) is 24.5 Å². The number of carboxylic acid groups (broad SMARTS) is 1. The van der Waals surface area contributed by atoms with E-state index >= 15 is 0 Å². The van der Waals surface area contributed by atoms with Gasteiger partial charge in [-0.05, 0) is 43.3 Å². The fraction of sp³-hybridized carbons (Fsp3) is 0.167. The first kappa shape index (κ1) is 18.4. The Morgan fingerprint density at radius 1 is 1.19 bits per heavy atom. The number of hydrogen-bond donors (Lipinski definition) is 1. The molecule has 3 aromatic rings. The van der Waals surface area contributed by atoms with Gasteiger partial charge in [-0.15, -0.1) is 0 Å². The molecule has 0 saturated carbocycles. The highest BCUT2D eigenvalue weighted by Gasteiger charge is 2.24. The molecule has 26 heavy (non-hydrogen) atoms. The van der Waals surface area contributed by atoms with Gasteiger partial charge in [0.1, 0.15) is 0 Å². The Hall–Kier alpha value is -2.35. The number of nitrogens with zero attached hydrogens (tertiary/aromatic N) is 1. The quantitative estimate of drug-likeness (QED) is 0.692. The van der Waals surface area contributed by atoms with Crippen LogP contribution in [0.15, 0.2) is 59.5 Å². The number of hydrogen-bond acceptors (Lipinski definition) is 4. The summed E-state index contributed by atoms with van der Waals surface area (Å²) in [5.74, 6) is -1.12. The molecule has 0 saturated heterocycles. The summed E-state index contributed by atoms with van der Waals surface area (Å²) < 4.78 is 32.8. The highest BCUT2D eigenvalue weighted by molar-refractivity contribution is 7.90. The Morgan fingerprint density at radius 2 is 1.88 bits per heavy atom. The molecule has 1 N–H and O–H groups in total. The van der Waals surface area contributed by atoms with Gasteiger partial charge >= 0.3 is 5.97 Å². The van der Waals surface area contributed by atoms with Gasteiger partial charge in [-0.2, -0.15) is 0 Å². The third-order valence-corrected chi connectivity index (χ3v) is 5.92. The zero-order valence-corrected chi connectivity index (χ0v) is 15.4. The summed E-state index contributed by atoms with van der Waals surface area (Å²) in [6.45, 7) is 1.21. The predicted molar refractivity (Wildman–Crippen MR) is 97.9 cm³/mol. The van der Waals surface area contributed by atoms with E-state index in [0.29, 0.717) is 21.6 Å². The molecule has 1 aromatic heterocycles. The Kier molecular flexibility index (Phi) is 5.04. The van der Waals surface area contributed by atoms with Crippen LogP contribution in [0.1, 0.15) is 12.6 Å². The number of carboxylic acids is 1. The highest BCUT2D eigenvalue weighted by Crippen LogP contribution is 2.28. The number of aromatic nitrogens is 1. The van der Waals surface area contributed by atoms with Gasteiger partial charge in [0, 0.05) is 10.4 Å². The van der Waals surface area contributed by atoms with Crippen molar-refractivity contribution in [1.82, 2.24) is 3.97 Å². The molecule has 0 amide bonds. The lowest BCUT2D eigenvalue weighted by Gasteiger charge is -2.13. The van der Waals surface area contributed by atoms with Gasteiger partial charge in [-0.3, -0.25) is 0 Å². The maximum absolute atomic E-state index is 13.2. The SMILES string of the molecule is CC(OCc1cc2cc(Cl)ccc2n1S(=O)(=O)c1ccccc1)C(=O)O. The zero-order valence-electron chi connectivity index (χ0n) is 13.8. The lowest BCUT2D eigenvalue weighted by molar-refractivity contribution is -0.149. The van der Waals surface area contributed by atoms with Crippen molar-refractivity contribution < 1.29 is 23.1 Å². The molecule has 0 fully saturated rings. The first-order chi connectivity index (χ1) is 12.3. The molecule has 1 unspecified atom stereocenters. The molecule has 0 aliphatic carbocycles. The second-order valence-electron chi connectivity index (χ2n) is 5.71. The van der Waals surface area contributed by atoms with E-state index in [1.54, 1.807) is 42.5 Å². The Bertz CT molecular complexity index is 1060. The van der Waals surface area contributed by atoms with Crippen LogP contribution in [0.5, 0.6) is 0 Å². The van der Waals surface area contributed by atoms with Crippen molar-refractivity contribution in [2.24, 2.45) is 0 Å². The van der Waals surface area contributed by atoms with Crippen molar-refractivity contribution in [2.75, 3.05) is 0 Å². The largest absolute Gasteiger partial charge is 0.479 e. The molecule has 3 rings (SSSR count). The number of halogens is 1. The summed E-state index contributed by atoms with van der Waals surface area (Å²) in [5.41, 5.74) is 0.763. The minimum Gasteiger partial charge on any atom is -0.479 e. The van der Waals surface area contributed by atoms with Crippen LogP contribution in [0.3, 0.4) is 0 Å². The summed E-state index contributed by atoms with van der Waals surface area (Å²) in [5, 5.41) is 10.1. The maximum atomic E-state index is 13.2. The summed E-state index contributed by atoms with van der Waals surface area (Å²) in [6.07, 6.45) is -1.07. The zero-order chi connectivity index (χ0) is 18.9. The van der Waals surface area contributed by atoms with Gasteiger partial charge in [0.05, 0.1) is 22.7 Å². The summed E-state index contributed by atoms with van der Waals surface area (Å²) in [7, 11) is -3.89. The van der Waals surface area contributed by atoms with E-state index in [1.165, 1.54) is 23.0 Å². The van der Waals surface area contributed by atoms with Crippen molar-refractivity contribution >= 4 is 38.5 Å². The van der Waals surface area contributed by atoms with E-state index < -0.39 is 22.1 Å². The van der Waals surface area contributed by atoms with Crippen molar-refractivity contribution in [3.8, 4) is 0 Å². The van der Waals surface area contributed by atoms with Crippen LogP contribution in [-0.4, -0.2) is 29.6 Å².